The minimum atomic E-state index is -3.73. The number of hydrogen-bond donors (Lipinski definition) is 1. The van der Waals surface area contributed by atoms with Crippen LogP contribution in [0.1, 0.15) is 39.2 Å². The molecule has 1 aliphatic rings. The summed E-state index contributed by atoms with van der Waals surface area (Å²) >= 11 is 0. The fourth-order valence-corrected chi connectivity index (χ4v) is 4.59. The van der Waals surface area contributed by atoms with Gasteiger partial charge in [-0.3, -0.25) is 0 Å². The van der Waals surface area contributed by atoms with E-state index in [9.17, 15) is 13.2 Å². The smallest absolute Gasteiger partial charge is 0.410 e. The predicted molar refractivity (Wildman–Crippen MR) is 105 cm³/mol. The number of benzene rings is 1. The van der Waals surface area contributed by atoms with Crippen molar-refractivity contribution >= 4 is 16.1 Å². The molecule has 0 atom stereocenters. The van der Waals surface area contributed by atoms with E-state index in [1.807, 2.05) is 20.8 Å². The predicted octanol–water partition coefficient (Wildman–Crippen LogP) is 2.69. The lowest BCUT2D eigenvalue weighted by Gasteiger charge is -2.33. The van der Waals surface area contributed by atoms with Gasteiger partial charge in [0.05, 0.1) is 19.1 Å². The Kier molecular flexibility index (Phi) is 6.82. The van der Waals surface area contributed by atoms with Crippen molar-refractivity contribution < 1.29 is 27.4 Å². The number of rotatable bonds is 5. The lowest BCUT2D eigenvalue weighted by Crippen LogP contribution is -2.47. The molecule has 158 valence electrons. The minimum absolute atomic E-state index is 0.153. The molecule has 8 nitrogen and oxygen atoms in total. The van der Waals surface area contributed by atoms with Crippen molar-refractivity contribution in [3.63, 3.8) is 0 Å². The molecule has 0 saturated carbocycles. The van der Waals surface area contributed by atoms with Crippen molar-refractivity contribution in [3.05, 3.63) is 17.7 Å². The highest BCUT2D eigenvalue weighted by Gasteiger charge is 2.30. The fourth-order valence-electron chi connectivity index (χ4n) is 3.04. The van der Waals surface area contributed by atoms with E-state index >= 15 is 0 Å². The summed E-state index contributed by atoms with van der Waals surface area (Å²) in [5, 5.41) is 0. The standard InChI is InChI=1S/C19H30N2O6S/c1-13-11-15(25-5)16(26-6)12-17(13)28(23,24)20-14-7-9-21(10-8-14)18(22)27-19(2,3)4/h11-12,14,20H,7-10H2,1-6H3. The Morgan fingerprint density at radius 2 is 1.64 bits per heavy atom. The van der Waals surface area contributed by atoms with Gasteiger partial charge in [-0.15, -0.1) is 0 Å². The second kappa shape index (κ2) is 8.57. The Labute approximate surface area is 167 Å². The molecule has 1 amide bonds. The molecule has 28 heavy (non-hydrogen) atoms. The summed E-state index contributed by atoms with van der Waals surface area (Å²) in [6, 6.07) is 2.85. The molecule has 1 saturated heterocycles. The molecule has 9 heteroatoms. The first-order chi connectivity index (χ1) is 13.0. The molecule has 0 aliphatic carbocycles. The number of amides is 1. The third kappa shape index (κ3) is 5.51. The van der Waals surface area contributed by atoms with Crippen molar-refractivity contribution in [1.82, 2.24) is 9.62 Å². The molecule has 1 aromatic rings. The van der Waals surface area contributed by atoms with Crippen LogP contribution in [-0.2, 0) is 14.8 Å². The van der Waals surface area contributed by atoms with E-state index in [4.69, 9.17) is 14.2 Å². The number of aryl methyl sites for hydroxylation is 1. The second-order valence-electron chi connectivity index (χ2n) is 7.84. The van der Waals surface area contributed by atoms with Crippen LogP contribution < -0.4 is 14.2 Å². The zero-order chi connectivity index (χ0) is 21.1. The number of sulfonamides is 1. The number of piperidine rings is 1. The first kappa shape index (κ1) is 22.3. The normalized spacial score (nSPS) is 16.0. The van der Waals surface area contributed by atoms with Gasteiger partial charge in [0, 0.05) is 25.2 Å². The number of hydrogen-bond acceptors (Lipinski definition) is 6. The van der Waals surface area contributed by atoms with Crippen LogP contribution in [0, 0.1) is 6.92 Å². The van der Waals surface area contributed by atoms with Crippen LogP contribution >= 0.6 is 0 Å². The van der Waals surface area contributed by atoms with Gasteiger partial charge in [-0.25, -0.2) is 17.9 Å². The highest BCUT2D eigenvalue weighted by molar-refractivity contribution is 7.89. The molecule has 0 unspecified atom stereocenters. The van der Waals surface area contributed by atoms with E-state index in [2.05, 4.69) is 4.72 Å². The molecular weight excluding hydrogens is 384 g/mol. The molecule has 1 aromatic carbocycles. The molecule has 1 heterocycles. The van der Waals surface area contributed by atoms with E-state index in [1.54, 1.807) is 17.9 Å². The summed E-state index contributed by atoms with van der Waals surface area (Å²) in [7, 11) is -0.771. The van der Waals surface area contributed by atoms with E-state index in [1.165, 1.54) is 20.3 Å². The molecule has 1 fully saturated rings. The molecule has 0 aromatic heterocycles. The summed E-state index contributed by atoms with van der Waals surface area (Å²) in [6.07, 6.45) is 0.667. The third-order valence-corrected chi connectivity index (χ3v) is 6.10. The van der Waals surface area contributed by atoms with Gasteiger partial charge in [-0.05, 0) is 52.2 Å². The largest absolute Gasteiger partial charge is 0.493 e. The van der Waals surface area contributed by atoms with E-state index in [-0.39, 0.29) is 17.0 Å². The van der Waals surface area contributed by atoms with Gasteiger partial charge >= 0.3 is 6.09 Å². The molecule has 0 spiro atoms. The van der Waals surface area contributed by atoms with E-state index in [0.717, 1.165) is 0 Å². The number of methoxy groups -OCH3 is 2. The monoisotopic (exact) mass is 414 g/mol. The van der Waals surface area contributed by atoms with Crippen LogP contribution in [0.5, 0.6) is 11.5 Å². The molecule has 0 bridgehead atoms. The topological polar surface area (TPSA) is 94.2 Å². The van der Waals surface area contributed by atoms with Crippen molar-refractivity contribution in [2.75, 3.05) is 27.3 Å². The molecule has 0 radical (unpaired) electrons. The maximum atomic E-state index is 12.9. The van der Waals surface area contributed by atoms with Crippen molar-refractivity contribution in [2.24, 2.45) is 0 Å². The number of ether oxygens (including phenoxy) is 3. The van der Waals surface area contributed by atoms with Crippen molar-refractivity contribution in [3.8, 4) is 11.5 Å². The van der Waals surface area contributed by atoms with Gasteiger partial charge in [-0.2, -0.15) is 0 Å². The summed E-state index contributed by atoms with van der Waals surface area (Å²) in [5.74, 6) is 0.831. The average molecular weight is 415 g/mol. The van der Waals surface area contributed by atoms with Crippen molar-refractivity contribution in [1.29, 1.82) is 0 Å². The average Bonchev–Trinajstić information content (AvgIpc) is 2.60. The van der Waals surface area contributed by atoms with Gasteiger partial charge in [0.25, 0.3) is 0 Å². The van der Waals surface area contributed by atoms with Crippen LogP contribution in [-0.4, -0.2) is 58.4 Å². The molecule has 1 aliphatic heterocycles. The van der Waals surface area contributed by atoms with Crippen LogP contribution in [0.15, 0.2) is 17.0 Å². The highest BCUT2D eigenvalue weighted by Crippen LogP contribution is 2.32. The first-order valence-corrected chi connectivity index (χ1v) is 10.7. The Bertz CT molecular complexity index is 808. The summed E-state index contributed by atoms with van der Waals surface area (Å²) in [4.78, 5) is 13.9. The maximum absolute atomic E-state index is 12.9. The lowest BCUT2D eigenvalue weighted by molar-refractivity contribution is 0.0203. The Morgan fingerprint density at radius 3 is 2.14 bits per heavy atom. The number of likely N-dealkylation sites (tertiary alicyclic amines) is 1. The van der Waals surface area contributed by atoms with Gasteiger partial charge in [0.1, 0.15) is 5.60 Å². The Balaban J connectivity index is 2.06. The van der Waals surface area contributed by atoms with Gasteiger partial charge < -0.3 is 19.1 Å². The van der Waals surface area contributed by atoms with Gasteiger partial charge in [0.15, 0.2) is 11.5 Å². The van der Waals surface area contributed by atoms with Gasteiger partial charge in [-0.1, -0.05) is 0 Å². The quantitative estimate of drug-likeness (QED) is 0.796. The highest BCUT2D eigenvalue weighted by atomic mass is 32.2. The van der Waals surface area contributed by atoms with Crippen LogP contribution in [0.3, 0.4) is 0 Å². The van der Waals surface area contributed by atoms with Crippen LogP contribution in [0.4, 0.5) is 4.79 Å². The summed E-state index contributed by atoms with van der Waals surface area (Å²) in [6.45, 7) is 8.04. The van der Waals surface area contributed by atoms with E-state index < -0.39 is 15.6 Å². The Morgan fingerprint density at radius 1 is 1.11 bits per heavy atom. The molecule has 1 N–H and O–H groups in total. The summed E-state index contributed by atoms with van der Waals surface area (Å²) in [5.41, 5.74) is 0.0110. The second-order valence-corrected chi connectivity index (χ2v) is 9.52. The first-order valence-electron chi connectivity index (χ1n) is 9.19. The summed E-state index contributed by atoms with van der Waals surface area (Å²) < 4.78 is 44.3. The van der Waals surface area contributed by atoms with E-state index in [0.29, 0.717) is 43.0 Å². The number of carbonyl (C=O) groups is 1. The maximum Gasteiger partial charge on any atom is 0.410 e. The fraction of sp³-hybridized carbons (Fsp3) is 0.632. The number of nitrogens with one attached hydrogen (secondary N) is 1. The number of nitrogens with zero attached hydrogens (tertiary/aromatic N) is 1. The zero-order valence-electron chi connectivity index (χ0n) is 17.4. The van der Waals surface area contributed by atoms with Crippen LogP contribution in [0.25, 0.3) is 0 Å². The zero-order valence-corrected chi connectivity index (χ0v) is 18.2. The van der Waals surface area contributed by atoms with Crippen molar-refractivity contribution in [2.45, 2.75) is 57.1 Å². The minimum Gasteiger partial charge on any atom is -0.493 e. The van der Waals surface area contributed by atoms with Gasteiger partial charge in [0.2, 0.25) is 10.0 Å². The molecule has 2 rings (SSSR count). The lowest BCUT2D eigenvalue weighted by atomic mass is 10.1. The van der Waals surface area contributed by atoms with Crippen LogP contribution in [0.2, 0.25) is 0 Å². The third-order valence-electron chi connectivity index (χ3n) is 4.44. The number of carbonyl (C=O) groups excluding carboxylic acids is 1. The molecular formula is C19H30N2O6S. The Hall–Kier alpha value is -2.00. The SMILES string of the molecule is COc1cc(C)c(S(=O)(=O)NC2CCN(C(=O)OC(C)(C)C)CC2)cc1OC.